The Morgan fingerprint density at radius 3 is 2.54 bits per heavy atom. The zero-order valence-corrected chi connectivity index (χ0v) is 21.8. The number of piperazine rings is 1. The number of ether oxygens (including phenoxy) is 1. The second-order valence-electron chi connectivity index (χ2n) is 9.68. The van der Waals surface area contributed by atoms with E-state index in [4.69, 9.17) is 27.7 Å². The lowest BCUT2D eigenvalue weighted by molar-refractivity contribution is 0.0560. The lowest BCUT2D eigenvalue weighted by Crippen LogP contribution is -2.50. The van der Waals surface area contributed by atoms with Crippen molar-refractivity contribution in [1.82, 2.24) is 14.8 Å². The van der Waals surface area contributed by atoms with Crippen LogP contribution in [0.15, 0.2) is 42.5 Å². The van der Waals surface area contributed by atoms with Gasteiger partial charge in [-0.05, 0) is 67.0 Å². The Morgan fingerprint density at radius 2 is 1.84 bits per heavy atom. The minimum atomic E-state index is -0.312. The first kappa shape index (κ1) is 25.1. The highest BCUT2D eigenvalue weighted by Crippen LogP contribution is 2.38. The van der Waals surface area contributed by atoms with Crippen molar-refractivity contribution in [2.24, 2.45) is 0 Å². The summed E-state index contributed by atoms with van der Waals surface area (Å²) in [5.74, 6) is 2.96. The van der Waals surface area contributed by atoms with Gasteiger partial charge in [0, 0.05) is 48.4 Å². The van der Waals surface area contributed by atoms with Gasteiger partial charge in [0.15, 0.2) is 0 Å². The van der Waals surface area contributed by atoms with Crippen LogP contribution < -0.4 is 0 Å². The van der Waals surface area contributed by atoms with Gasteiger partial charge in [0.05, 0.1) is 17.1 Å². The minimum Gasteiger partial charge on any atom is -0.449 e. The number of carbonyl (C=O) groups excluding carboxylic acids is 2. The van der Waals surface area contributed by atoms with E-state index in [2.05, 4.69) is 18.1 Å². The molecule has 2 amide bonds. The molecule has 1 aromatic heterocycles. The minimum absolute atomic E-state index is 0.0643. The number of carbonyl (C=O) groups is 2. The molecule has 2 aliphatic rings. The average Bonchev–Trinajstić information content (AvgIpc) is 2.95. The first-order chi connectivity index (χ1) is 18.0. The van der Waals surface area contributed by atoms with E-state index in [-0.39, 0.29) is 12.0 Å². The van der Waals surface area contributed by atoms with Gasteiger partial charge in [0.2, 0.25) is 0 Å². The van der Waals surface area contributed by atoms with Gasteiger partial charge >= 0.3 is 6.09 Å². The smallest absolute Gasteiger partial charge is 0.409 e. The highest BCUT2D eigenvalue weighted by Gasteiger charge is 2.27. The van der Waals surface area contributed by atoms with Crippen LogP contribution in [0.25, 0.3) is 10.9 Å². The molecule has 1 unspecified atom stereocenters. The molecule has 3 aromatic rings. The van der Waals surface area contributed by atoms with Crippen LogP contribution in [0.2, 0.25) is 5.02 Å². The first-order valence-electron chi connectivity index (χ1n) is 12.9. The van der Waals surface area contributed by atoms with Crippen molar-refractivity contribution < 1.29 is 14.3 Å². The number of pyridine rings is 1. The quantitative estimate of drug-likeness (QED) is 0.434. The summed E-state index contributed by atoms with van der Waals surface area (Å²) in [7, 11) is 0. The van der Waals surface area contributed by atoms with Crippen molar-refractivity contribution in [3.63, 3.8) is 0 Å². The topological polar surface area (TPSA) is 62.7 Å². The van der Waals surface area contributed by atoms with Gasteiger partial charge in [-0.15, -0.1) is 6.42 Å². The van der Waals surface area contributed by atoms with Gasteiger partial charge in [-0.2, -0.15) is 0 Å². The number of benzene rings is 2. The molecular weight excluding hydrogens is 486 g/mol. The summed E-state index contributed by atoms with van der Waals surface area (Å²) in [4.78, 5) is 33.8. The Balaban J connectivity index is 1.33. The molecule has 190 valence electrons. The fourth-order valence-corrected chi connectivity index (χ4v) is 5.58. The molecule has 1 fully saturated rings. The molecule has 0 N–H and O–H groups in total. The first-order valence-corrected chi connectivity index (χ1v) is 13.2. The number of rotatable bonds is 4. The fourth-order valence-electron chi connectivity index (χ4n) is 5.21. The van der Waals surface area contributed by atoms with Crippen molar-refractivity contribution in [2.75, 3.05) is 32.8 Å². The van der Waals surface area contributed by atoms with Crippen molar-refractivity contribution in [3.8, 4) is 12.3 Å². The summed E-state index contributed by atoms with van der Waals surface area (Å²) < 4.78 is 5.22. The van der Waals surface area contributed by atoms with Gasteiger partial charge in [0.25, 0.3) is 5.91 Å². The monoisotopic (exact) mass is 515 g/mol. The molecule has 5 rings (SSSR count). The van der Waals surface area contributed by atoms with E-state index in [1.165, 1.54) is 5.56 Å². The van der Waals surface area contributed by atoms with Crippen LogP contribution in [-0.2, 0) is 17.6 Å². The molecule has 1 saturated heterocycles. The molecular formula is C30H30ClN3O3. The Labute approximate surface area is 222 Å². The molecule has 2 aromatic carbocycles. The Hall–Kier alpha value is -3.56. The third kappa shape index (κ3) is 5.14. The maximum absolute atomic E-state index is 13.3. The van der Waals surface area contributed by atoms with Crippen LogP contribution in [0.5, 0.6) is 0 Å². The predicted molar refractivity (Wildman–Crippen MR) is 145 cm³/mol. The molecule has 2 heterocycles. The van der Waals surface area contributed by atoms with E-state index in [1.807, 2.05) is 37.3 Å². The van der Waals surface area contributed by atoms with Crippen molar-refractivity contribution in [2.45, 2.75) is 38.5 Å². The maximum Gasteiger partial charge on any atom is 0.409 e. The molecule has 1 aliphatic heterocycles. The standard InChI is InChI=1S/C30H30ClN3O3/c1-3-17-37-30(36)34-15-13-33(14-16-34)29(35)23-10-12-25-27(19-23)32-26-18-22(9-11-24(26)28(25)31)21-7-5-20(4-2)6-8-21/h2,5-8,10,12,19,22H,3,9,11,13-18H2,1H3. The Morgan fingerprint density at radius 1 is 1.11 bits per heavy atom. The van der Waals surface area contributed by atoms with E-state index in [1.54, 1.807) is 9.80 Å². The highest BCUT2D eigenvalue weighted by molar-refractivity contribution is 6.36. The molecule has 1 atom stereocenters. The largest absolute Gasteiger partial charge is 0.449 e. The lowest BCUT2D eigenvalue weighted by atomic mass is 9.82. The third-order valence-electron chi connectivity index (χ3n) is 7.34. The van der Waals surface area contributed by atoms with E-state index in [0.717, 1.165) is 58.4 Å². The normalized spacial score (nSPS) is 17.3. The van der Waals surface area contributed by atoms with Gasteiger partial charge in [0.1, 0.15) is 0 Å². The van der Waals surface area contributed by atoms with Crippen LogP contribution in [0.3, 0.4) is 0 Å². The van der Waals surface area contributed by atoms with Crippen LogP contribution >= 0.6 is 11.6 Å². The number of terminal acetylenes is 1. The van der Waals surface area contributed by atoms with E-state index < -0.39 is 0 Å². The summed E-state index contributed by atoms with van der Waals surface area (Å²) in [6, 6.07) is 13.7. The van der Waals surface area contributed by atoms with Crippen LogP contribution in [0.4, 0.5) is 4.79 Å². The fraction of sp³-hybridized carbons (Fsp3) is 0.367. The molecule has 1 aliphatic carbocycles. The Kier molecular flexibility index (Phi) is 7.34. The predicted octanol–water partition coefficient (Wildman–Crippen LogP) is 5.45. The number of hydrogen-bond donors (Lipinski definition) is 0. The van der Waals surface area contributed by atoms with Crippen molar-refractivity contribution in [1.29, 1.82) is 0 Å². The second kappa shape index (κ2) is 10.8. The highest BCUT2D eigenvalue weighted by atomic mass is 35.5. The van der Waals surface area contributed by atoms with Crippen LogP contribution in [0, 0.1) is 12.3 Å². The lowest BCUT2D eigenvalue weighted by Gasteiger charge is -2.34. The van der Waals surface area contributed by atoms with Crippen molar-refractivity contribution >= 4 is 34.5 Å². The molecule has 37 heavy (non-hydrogen) atoms. The van der Waals surface area contributed by atoms with Crippen LogP contribution in [-0.4, -0.2) is 59.6 Å². The maximum atomic E-state index is 13.3. The Bertz CT molecular complexity index is 1370. The number of amides is 2. The average molecular weight is 516 g/mol. The summed E-state index contributed by atoms with van der Waals surface area (Å²) in [6.07, 6.45) is 8.65. The summed E-state index contributed by atoms with van der Waals surface area (Å²) in [5.41, 5.74) is 5.55. The zero-order chi connectivity index (χ0) is 25.9. The number of aromatic nitrogens is 1. The van der Waals surface area contributed by atoms with Crippen molar-refractivity contribution in [3.05, 3.63) is 75.4 Å². The number of hydrogen-bond acceptors (Lipinski definition) is 4. The van der Waals surface area contributed by atoms with E-state index in [0.29, 0.717) is 44.3 Å². The van der Waals surface area contributed by atoms with Crippen LogP contribution in [0.1, 0.15) is 58.4 Å². The second-order valence-corrected chi connectivity index (χ2v) is 10.1. The molecule has 6 nitrogen and oxygen atoms in total. The zero-order valence-electron chi connectivity index (χ0n) is 21.0. The number of halogens is 1. The summed E-state index contributed by atoms with van der Waals surface area (Å²) >= 11 is 6.85. The van der Waals surface area contributed by atoms with E-state index in [9.17, 15) is 9.59 Å². The number of fused-ring (bicyclic) bond motifs is 2. The third-order valence-corrected chi connectivity index (χ3v) is 7.77. The van der Waals surface area contributed by atoms with Gasteiger partial charge in [-0.3, -0.25) is 9.78 Å². The summed E-state index contributed by atoms with van der Waals surface area (Å²) in [5, 5.41) is 1.61. The molecule has 7 heteroatoms. The summed E-state index contributed by atoms with van der Waals surface area (Å²) in [6.45, 7) is 4.23. The van der Waals surface area contributed by atoms with Gasteiger partial charge in [-0.25, -0.2) is 4.79 Å². The van der Waals surface area contributed by atoms with Gasteiger partial charge in [-0.1, -0.05) is 42.6 Å². The van der Waals surface area contributed by atoms with Gasteiger partial charge < -0.3 is 14.5 Å². The molecule has 0 saturated carbocycles. The molecule has 0 bridgehead atoms. The van der Waals surface area contributed by atoms with E-state index >= 15 is 0 Å². The molecule has 0 radical (unpaired) electrons. The molecule has 0 spiro atoms. The SMILES string of the molecule is C#Cc1ccc(C2CCc3c(nc4cc(C(=O)N5CCN(C(=O)OCCC)CC5)ccc4c3Cl)C2)cc1. The number of nitrogens with zero attached hydrogens (tertiary/aromatic N) is 3.